The number of anilines is 1. The topological polar surface area (TPSA) is 104 Å². The number of H-pyrrole nitrogens is 1. The molecule has 7 heteroatoms. The van der Waals surface area contributed by atoms with Gasteiger partial charge < -0.3 is 4.74 Å². The molecule has 1 aromatic carbocycles. The number of carbonyl (C=O) groups excluding carboxylic acids is 3. The third-order valence-electron chi connectivity index (χ3n) is 4.00. The summed E-state index contributed by atoms with van der Waals surface area (Å²) in [7, 11) is 0. The summed E-state index contributed by atoms with van der Waals surface area (Å²) in [5, 5.41) is 0. The van der Waals surface area contributed by atoms with Crippen molar-refractivity contribution in [1.29, 1.82) is 0 Å². The number of fused-ring (bicyclic) bond motifs is 1. The Hall–Kier alpha value is -3.22. The minimum absolute atomic E-state index is 0.191. The lowest BCUT2D eigenvalue weighted by Gasteiger charge is -2.13. The van der Waals surface area contributed by atoms with Gasteiger partial charge in [-0.2, -0.15) is 0 Å². The van der Waals surface area contributed by atoms with Crippen molar-refractivity contribution < 1.29 is 24.1 Å². The summed E-state index contributed by atoms with van der Waals surface area (Å²) in [5.74, 6) is -0.802. The Morgan fingerprint density at radius 3 is 2.36 bits per heavy atom. The molecule has 3 N–H and O–H groups in total. The number of benzene rings is 1. The molecule has 2 heterocycles. The fourth-order valence-corrected chi connectivity index (χ4v) is 2.68. The van der Waals surface area contributed by atoms with E-state index in [0.717, 1.165) is 0 Å². The van der Waals surface area contributed by atoms with Gasteiger partial charge in [0.25, 0.3) is 17.6 Å². The number of pyridine rings is 1. The lowest BCUT2D eigenvalue weighted by atomic mass is 10.1. The SMILES string of the molecule is Nc1[nH+]cccc1C(=O)OCCCCN1C(=O)c2ccccc2C1=O. The largest absolute Gasteiger partial charge is 0.462 e. The van der Waals surface area contributed by atoms with Crippen molar-refractivity contribution in [2.45, 2.75) is 12.8 Å². The predicted octanol–water partition coefficient (Wildman–Crippen LogP) is 1.32. The van der Waals surface area contributed by atoms with Crippen LogP contribution in [-0.4, -0.2) is 35.8 Å². The van der Waals surface area contributed by atoms with Crippen LogP contribution in [0.15, 0.2) is 42.6 Å². The third-order valence-corrected chi connectivity index (χ3v) is 4.00. The maximum absolute atomic E-state index is 12.2. The van der Waals surface area contributed by atoms with Crippen LogP contribution in [0.4, 0.5) is 5.82 Å². The fourth-order valence-electron chi connectivity index (χ4n) is 2.68. The number of nitrogens with zero attached hydrogens (tertiary/aromatic N) is 1. The monoisotopic (exact) mass is 340 g/mol. The Morgan fingerprint density at radius 2 is 1.72 bits per heavy atom. The highest BCUT2D eigenvalue weighted by Crippen LogP contribution is 2.22. The van der Waals surface area contributed by atoms with Crippen LogP contribution in [0, 0.1) is 0 Å². The molecule has 0 atom stereocenters. The van der Waals surface area contributed by atoms with Crippen LogP contribution in [0.5, 0.6) is 0 Å². The fraction of sp³-hybridized carbons (Fsp3) is 0.222. The van der Waals surface area contributed by atoms with Crippen molar-refractivity contribution in [2.24, 2.45) is 0 Å². The van der Waals surface area contributed by atoms with E-state index in [9.17, 15) is 14.4 Å². The first kappa shape index (κ1) is 16.6. The van der Waals surface area contributed by atoms with E-state index < -0.39 is 5.97 Å². The highest BCUT2D eigenvalue weighted by molar-refractivity contribution is 6.21. The number of hydrogen-bond acceptors (Lipinski definition) is 5. The summed E-state index contributed by atoms with van der Waals surface area (Å²) in [4.78, 5) is 40.3. The van der Waals surface area contributed by atoms with Gasteiger partial charge in [0, 0.05) is 6.54 Å². The molecule has 1 aromatic heterocycles. The number of amides is 2. The van der Waals surface area contributed by atoms with E-state index in [1.165, 1.54) is 4.90 Å². The summed E-state index contributed by atoms with van der Waals surface area (Å²) in [6.07, 6.45) is 2.71. The van der Waals surface area contributed by atoms with E-state index in [2.05, 4.69) is 4.98 Å². The van der Waals surface area contributed by atoms with Gasteiger partial charge in [0.1, 0.15) is 5.56 Å². The Labute approximate surface area is 144 Å². The van der Waals surface area contributed by atoms with Crippen molar-refractivity contribution >= 4 is 23.6 Å². The predicted molar refractivity (Wildman–Crippen MR) is 88.7 cm³/mol. The number of hydrogen-bond donors (Lipinski definition) is 1. The third kappa shape index (κ3) is 3.35. The average Bonchev–Trinajstić information content (AvgIpc) is 2.86. The summed E-state index contributed by atoms with van der Waals surface area (Å²) in [5.41, 5.74) is 6.83. The van der Waals surface area contributed by atoms with Crippen molar-refractivity contribution in [3.8, 4) is 0 Å². The molecule has 0 fully saturated rings. The maximum atomic E-state index is 12.2. The number of rotatable bonds is 6. The molecule has 2 aromatic rings. The zero-order valence-electron chi connectivity index (χ0n) is 13.5. The van der Waals surface area contributed by atoms with Crippen LogP contribution in [0.25, 0.3) is 0 Å². The summed E-state index contributed by atoms with van der Waals surface area (Å²) in [6, 6.07) is 10.0. The molecule has 128 valence electrons. The second-order valence-electron chi connectivity index (χ2n) is 5.65. The van der Waals surface area contributed by atoms with Crippen LogP contribution in [0.3, 0.4) is 0 Å². The summed E-state index contributed by atoms with van der Waals surface area (Å²) >= 11 is 0. The second-order valence-corrected chi connectivity index (χ2v) is 5.65. The van der Waals surface area contributed by atoms with Gasteiger partial charge in [0.05, 0.1) is 23.9 Å². The maximum Gasteiger partial charge on any atom is 0.346 e. The quantitative estimate of drug-likeness (QED) is 0.485. The second kappa shape index (κ2) is 7.12. The molecule has 0 aliphatic carbocycles. The van der Waals surface area contributed by atoms with Crippen molar-refractivity contribution in [2.75, 3.05) is 18.9 Å². The normalized spacial score (nSPS) is 13.0. The van der Waals surface area contributed by atoms with Gasteiger partial charge in [-0.25, -0.2) is 9.78 Å². The number of esters is 1. The standard InChI is InChI=1S/C18H17N3O4/c19-15-14(8-5-9-20-15)18(24)25-11-4-3-10-21-16(22)12-6-1-2-7-13(12)17(21)23/h1-2,5-9H,3-4,10-11H2,(H2,19,20)/p+1. The van der Waals surface area contributed by atoms with Gasteiger partial charge in [0.2, 0.25) is 0 Å². The van der Waals surface area contributed by atoms with Gasteiger partial charge in [-0.05, 0) is 37.1 Å². The summed E-state index contributed by atoms with van der Waals surface area (Å²) in [6.45, 7) is 0.488. The van der Waals surface area contributed by atoms with E-state index in [1.54, 1.807) is 42.6 Å². The van der Waals surface area contributed by atoms with Crippen LogP contribution in [0.1, 0.15) is 43.9 Å². The first-order valence-electron chi connectivity index (χ1n) is 7.98. The molecule has 0 saturated carbocycles. The molecule has 7 nitrogen and oxygen atoms in total. The Morgan fingerprint density at radius 1 is 1.04 bits per heavy atom. The number of aromatic amines is 1. The number of ether oxygens (including phenoxy) is 1. The molecular formula is C18H18N3O4+. The van der Waals surface area contributed by atoms with Crippen LogP contribution >= 0.6 is 0 Å². The zero-order valence-corrected chi connectivity index (χ0v) is 13.5. The molecule has 0 unspecified atom stereocenters. The van der Waals surface area contributed by atoms with Crippen molar-refractivity contribution in [1.82, 2.24) is 4.90 Å². The number of unbranched alkanes of at least 4 members (excludes halogenated alkanes) is 1. The number of nitrogen functional groups attached to an aromatic ring is 1. The lowest BCUT2D eigenvalue weighted by molar-refractivity contribution is -0.360. The van der Waals surface area contributed by atoms with Crippen molar-refractivity contribution in [3.63, 3.8) is 0 Å². The Balaban J connectivity index is 1.45. The molecule has 1 aliphatic rings. The molecule has 0 bridgehead atoms. The molecule has 0 radical (unpaired) electrons. The van der Waals surface area contributed by atoms with E-state index in [-0.39, 0.29) is 29.8 Å². The number of nitrogens with two attached hydrogens (primary N) is 1. The minimum Gasteiger partial charge on any atom is -0.462 e. The van der Waals surface area contributed by atoms with Crippen molar-refractivity contribution in [3.05, 3.63) is 59.3 Å². The van der Waals surface area contributed by atoms with E-state index >= 15 is 0 Å². The highest BCUT2D eigenvalue weighted by atomic mass is 16.5. The first-order chi connectivity index (χ1) is 12.1. The summed E-state index contributed by atoms with van der Waals surface area (Å²) < 4.78 is 5.16. The minimum atomic E-state index is -0.505. The molecule has 1 aliphatic heterocycles. The van der Waals surface area contributed by atoms with E-state index in [1.807, 2.05) is 0 Å². The zero-order chi connectivity index (χ0) is 17.8. The van der Waals surface area contributed by atoms with Gasteiger partial charge >= 0.3 is 5.97 Å². The van der Waals surface area contributed by atoms with Crippen LogP contribution < -0.4 is 10.7 Å². The van der Waals surface area contributed by atoms with E-state index in [0.29, 0.717) is 30.5 Å². The molecule has 0 saturated heterocycles. The van der Waals surface area contributed by atoms with Gasteiger partial charge in [-0.1, -0.05) is 12.1 Å². The number of carbonyl (C=O) groups is 3. The lowest BCUT2D eigenvalue weighted by Crippen LogP contribution is -2.30. The Kier molecular flexibility index (Phi) is 4.74. The van der Waals surface area contributed by atoms with Crippen LogP contribution in [-0.2, 0) is 4.74 Å². The van der Waals surface area contributed by atoms with Gasteiger partial charge in [0.15, 0.2) is 0 Å². The number of imide groups is 1. The highest BCUT2D eigenvalue weighted by Gasteiger charge is 2.34. The van der Waals surface area contributed by atoms with E-state index in [4.69, 9.17) is 10.5 Å². The molecular weight excluding hydrogens is 322 g/mol. The first-order valence-corrected chi connectivity index (χ1v) is 7.98. The molecule has 25 heavy (non-hydrogen) atoms. The number of nitrogens with one attached hydrogen (secondary N) is 1. The molecule has 0 spiro atoms. The van der Waals surface area contributed by atoms with Gasteiger partial charge in [-0.3, -0.25) is 20.2 Å². The van der Waals surface area contributed by atoms with Crippen LogP contribution in [0.2, 0.25) is 0 Å². The Bertz CT molecular complexity index is 800. The smallest absolute Gasteiger partial charge is 0.346 e. The molecule has 3 rings (SSSR count). The molecule has 2 amide bonds. The average molecular weight is 340 g/mol. The number of aromatic nitrogens is 1. The van der Waals surface area contributed by atoms with Gasteiger partial charge in [-0.15, -0.1) is 0 Å².